The highest BCUT2D eigenvalue weighted by Crippen LogP contribution is 2.48. The van der Waals surface area contributed by atoms with Crippen LogP contribution in [-0.4, -0.2) is 85.2 Å². The van der Waals surface area contributed by atoms with Gasteiger partial charge in [-0.3, -0.25) is 9.69 Å². The quantitative estimate of drug-likeness (QED) is 0.840. The van der Waals surface area contributed by atoms with Gasteiger partial charge in [-0.15, -0.1) is 0 Å². The van der Waals surface area contributed by atoms with E-state index in [0.29, 0.717) is 19.0 Å². The first-order chi connectivity index (χ1) is 11.5. The number of carbonyl (C=O) groups is 1. The van der Waals surface area contributed by atoms with Crippen molar-refractivity contribution in [2.45, 2.75) is 18.4 Å². The van der Waals surface area contributed by atoms with Crippen molar-refractivity contribution in [3.05, 3.63) is 35.9 Å². The Balaban J connectivity index is 1.43. The third-order valence-corrected chi connectivity index (χ3v) is 5.26. The van der Waals surface area contributed by atoms with Gasteiger partial charge in [-0.1, -0.05) is 30.3 Å². The largest absolute Gasteiger partial charge is 0.390 e. The molecule has 3 unspecified atom stereocenters. The minimum atomic E-state index is -0.476. The zero-order chi connectivity index (χ0) is 17.1. The van der Waals surface area contributed by atoms with Gasteiger partial charge in [0.25, 0.3) is 0 Å². The van der Waals surface area contributed by atoms with E-state index in [9.17, 15) is 9.90 Å². The number of aliphatic hydroxyl groups excluding tert-OH is 1. The second kappa shape index (κ2) is 7.64. The van der Waals surface area contributed by atoms with Crippen molar-refractivity contribution in [2.24, 2.45) is 5.92 Å². The van der Waals surface area contributed by atoms with Gasteiger partial charge in [0.05, 0.1) is 6.10 Å². The van der Waals surface area contributed by atoms with E-state index >= 15 is 0 Å². The average Bonchev–Trinajstić information content (AvgIpc) is 3.37. The van der Waals surface area contributed by atoms with Gasteiger partial charge in [0.1, 0.15) is 0 Å². The monoisotopic (exact) mass is 331 g/mol. The number of hydrogen-bond donors (Lipinski definition) is 1. The summed E-state index contributed by atoms with van der Waals surface area (Å²) in [6.07, 6.45) is 0.457. The number of β-amino-alcohol motifs (C(OH)–C–C–N with tert-alkyl or cyclic N) is 1. The number of aliphatic hydroxyl groups is 1. The minimum absolute atomic E-state index is 0.0910. The van der Waals surface area contributed by atoms with E-state index in [2.05, 4.69) is 29.0 Å². The smallest absolute Gasteiger partial charge is 0.226 e. The maximum absolute atomic E-state index is 12.6. The molecule has 1 aliphatic carbocycles. The third kappa shape index (κ3) is 4.35. The summed E-state index contributed by atoms with van der Waals surface area (Å²) in [6.45, 7) is 5.14. The lowest BCUT2D eigenvalue weighted by molar-refractivity contribution is -0.132. The maximum atomic E-state index is 12.6. The molecule has 1 aromatic rings. The van der Waals surface area contributed by atoms with Gasteiger partial charge in [0.15, 0.2) is 0 Å². The number of nitrogens with zero attached hydrogens (tertiary/aromatic N) is 3. The number of likely N-dealkylation sites (N-methyl/N-ethyl adjacent to an activating group) is 2. The lowest BCUT2D eigenvalue weighted by Gasteiger charge is -2.34. The number of rotatable bonds is 6. The van der Waals surface area contributed by atoms with E-state index < -0.39 is 6.10 Å². The number of piperazine rings is 1. The number of amides is 1. The van der Waals surface area contributed by atoms with Crippen molar-refractivity contribution < 1.29 is 9.90 Å². The minimum Gasteiger partial charge on any atom is -0.390 e. The maximum Gasteiger partial charge on any atom is 0.226 e. The number of benzene rings is 1. The first kappa shape index (κ1) is 17.4. The van der Waals surface area contributed by atoms with E-state index in [0.717, 1.165) is 32.6 Å². The second-order valence-electron chi connectivity index (χ2n) is 7.34. The van der Waals surface area contributed by atoms with E-state index in [-0.39, 0.29) is 11.8 Å². The van der Waals surface area contributed by atoms with Crippen LogP contribution < -0.4 is 0 Å². The fraction of sp³-hybridized carbons (Fsp3) is 0.632. The molecule has 1 aromatic carbocycles. The van der Waals surface area contributed by atoms with Gasteiger partial charge in [-0.05, 0) is 24.9 Å². The zero-order valence-corrected chi connectivity index (χ0v) is 14.8. The predicted octanol–water partition coefficient (Wildman–Crippen LogP) is 0.857. The molecule has 0 aromatic heterocycles. The Kier molecular flexibility index (Phi) is 5.54. The van der Waals surface area contributed by atoms with Crippen LogP contribution in [0.25, 0.3) is 0 Å². The van der Waals surface area contributed by atoms with Crippen LogP contribution in [0.1, 0.15) is 17.9 Å². The Labute approximate surface area is 144 Å². The Morgan fingerprint density at radius 2 is 1.92 bits per heavy atom. The molecule has 1 N–H and O–H groups in total. The molecule has 2 fully saturated rings. The summed E-state index contributed by atoms with van der Waals surface area (Å²) in [7, 11) is 3.94. The van der Waals surface area contributed by atoms with Crippen LogP contribution in [0.4, 0.5) is 0 Å². The van der Waals surface area contributed by atoms with Gasteiger partial charge >= 0.3 is 0 Å². The fourth-order valence-electron chi connectivity index (χ4n) is 3.61. The molecular weight excluding hydrogens is 302 g/mol. The predicted molar refractivity (Wildman–Crippen MR) is 94.9 cm³/mol. The average molecular weight is 331 g/mol. The van der Waals surface area contributed by atoms with Gasteiger partial charge in [-0.25, -0.2) is 0 Å². The lowest BCUT2D eigenvalue weighted by Crippen LogP contribution is -2.49. The molecule has 2 aliphatic rings. The van der Waals surface area contributed by atoms with Crippen LogP contribution >= 0.6 is 0 Å². The van der Waals surface area contributed by atoms with E-state index in [1.807, 2.05) is 25.2 Å². The van der Waals surface area contributed by atoms with Crippen LogP contribution in [0.2, 0.25) is 0 Å². The molecule has 1 aliphatic heterocycles. The highest BCUT2D eigenvalue weighted by Gasteiger charge is 2.45. The summed E-state index contributed by atoms with van der Waals surface area (Å²) < 4.78 is 0. The standard InChI is InChI=1S/C19H29N3O2/c1-20-8-10-22(11-9-20)14-16(23)13-21(2)19(24)18-12-17(18)15-6-4-3-5-7-15/h3-7,16-18,23H,8-14H2,1-2H3. The SMILES string of the molecule is CN1CCN(CC(O)CN(C)C(=O)C2CC2c2ccccc2)CC1. The van der Waals surface area contributed by atoms with Crippen molar-refractivity contribution in [3.8, 4) is 0 Å². The highest BCUT2D eigenvalue weighted by atomic mass is 16.3. The Morgan fingerprint density at radius 1 is 1.25 bits per heavy atom. The first-order valence-electron chi connectivity index (χ1n) is 8.93. The van der Waals surface area contributed by atoms with Crippen molar-refractivity contribution in [1.82, 2.24) is 14.7 Å². The molecular formula is C19H29N3O2. The number of hydrogen-bond acceptors (Lipinski definition) is 4. The topological polar surface area (TPSA) is 47.0 Å². The van der Waals surface area contributed by atoms with Gasteiger partial charge < -0.3 is 14.9 Å². The van der Waals surface area contributed by atoms with Gasteiger partial charge in [-0.2, -0.15) is 0 Å². The summed E-state index contributed by atoms with van der Waals surface area (Å²) in [6, 6.07) is 10.3. The van der Waals surface area contributed by atoms with Gasteiger partial charge in [0.2, 0.25) is 5.91 Å². The molecule has 3 atom stereocenters. The van der Waals surface area contributed by atoms with Gasteiger partial charge in [0, 0.05) is 52.2 Å². The van der Waals surface area contributed by atoms with Crippen LogP contribution in [-0.2, 0) is 4.79 Å². The van der Waals surface area contributed by atoms with Crippen LogP contribution in [0.3, 0.4) is 0 Å². The Bertz CT molecular complexity index is 543. The Morgan fingerprint density at radius 3 is 2.58 bits per heavy atom. The number of carbonyl (C=O) groups excluding carboxylic acids is 1. The van der Waals surface area contributed by atoms with Crippen molar-refractivity contribution in [3.63, 3.8) is 0 Å². The van der Waals surface area contributed by atoms with Crippen LogP contribution in [0, 0.1) is 5.92 Å². The Hall–Kier alpha value is -1.43. The molecule has 132 valence electrons. The zero-order valence-electron chi connectivity index (χ0n) is 14.8. The summed E-state index contributed by atoms with van der Waals surface area (Å²) in [5.74, 6) is 0.616. The molecule has 3 rings (SSSR count). The molecule has 24 heavy (non-hydrogen) atoms. The first-order valence-corrected chi connectivity index (χ1v) is 8.93. The molecule has 5 nitrogen and oxygen atoms in total. The van der Waals surface area contributed by atoms with E-state index in [1.165, 1.54) is 5.56 Å². The lowest BCUT2D eigenvalue weighted by atomic mass is 10.1. The highest BCUT2D eigenvalue weighted by molar-refractivity contribution is 5.82. The summed E-state index contributed by atoms with van der Waals surface area (Å²) >= 11 is 0. The van der Waals surface area contributed by atoms with Crippen molar-refractivity contribution >= 4 is 5.91 Å². The molecule has 1 heterocycles. The van der Waals surface area contributed by atoms with E-state index in [1.54, 1.807) is 4.90 Å². The van der Waals surface area contributed by atoms with Crippen LogP contribution in [0.15, 0.2) is 30.3 Å². The fourth-order valence-corrected chi connectivity index (χ4v) is 3.61. The molecule has 1 amide bonds. The normalized spacial score (nSPS) is 26.1. The molecule has 0 radical (unpaired) electrons. The molecule has 5 heteroatoms. The van der Waals surface area contributed by atoms with Crippen molar-refractivity contribution in [2.75, 3.05) is 53.4 Å². The molecule has 1 saturated carbocycles. The van der Waals surface area contributed by atoms with E-state index in [4.69, 9.17) is 0 Å². The second-order valence-corrected chi connectivity index (χ2v) is 7.34. The summed E-state index contributed by atoms with van der Waals surface area (Å²) in [5, 5.41) is 10.3. The summed E-state index contributed by atoms with van der Waals surface area (Å²) in [5.41, 5.74) is 1.25. The molecule has 0 bridgehead atoms. The van der Waals surface area contributed by atoms with Crippen LogP contribution in [0.5, 0.6) is 0 Å². The van der Waals surface area contributed by atoms with Crippen molar-refractivity contribution in [1.29, 1.82) is 0 Å². The molecule has 1 saturated heterocycles. The summed E-state index contributed by atoms with van der Waals surface area (Å²) in [4.78, 5) is 18.9. The third-order valence-electron chi connectivity index (χ3n) is 5.26. The molecule has 0 spiro atoms.